The van der Waals surface area contributed by atoms with Gasteiger partial charge in [-0.1, -0.05) is 84.9 Å². The molecule has 0 aliphatic rings. The van der Waals surface area contributed by atoms with Gasteiger partial charge in [0.25, 0.3) is 0 Å². The average Bonchev–Trinajstić information content (AvgIpc) is 2.69. The van der Waals surface area contributed by atoms with E-state index in [1.54, 1.807) is 6.07 Å². The van der Waals surface area contributed by atoms with Gasteiger partial charge in [0.05, 0.1) is 5.56 Å². The van der Waals surface area contributed by atoms with Gasteiger partial charge in [-0.25, -0.2) is 4.79 Å². The number of hydrogen-bond donors (Lipinski definition) is 1. The molecule has 0 aliphatic heterocycles. The first-order valence-electron chi connectivity index (χ1n) is 8.40. The minimum Gasteiger partial charge on any atom is -0.478 e. The Balaban J connectivity index is 1.90. The van der Waals surface area contributed by atoms with Crippen molar-refractivity contribution in [3.05, 3.63) is 103 Å². The van der Waals surface area contributed by atoms with Crippen LogP contribution in [0.2, 0.25) is 0 Å². The van der Waals surface area contributed by atoms with Gasteiger partial charge in [0.15, 0.2) is 0 Å². The van der Waals surface area contributed by atoms with E-state index in [1.807, 2.05) is 30.3 Å². The Morgan fingerprint density at radius 2 is 1.27 bits per heavy atom. The van der Waals surface area contributed by atoms with Crippen molar-refractivity contribution in [2.45, 2.75) is 0 Å². The summed E-state index contributed by atoms with van der Waals surface area (Å²) >= 11 is 0. The van der Waals surface area contributed by atoms with Crippen LogP contribution in [-0.2, 0) is 0 Å². The average molecular weight is 356 g/mol. The Hall–Kier alpha value is -2.96. The fourth-order valence-corrected chi connectivity index (χ4v) is 5.52. The molecule has 0 saturated carbocycles. The standard InChI is InChI=1S/C23H17O2P/c24-23(25)22-13-7-8-17-16-20(14-15-21(17)22)26(18-9-3-1-4-10-18)19-11-5-2-6-12-19/h1-16H,(H,24,25). The normalized spacial score (nSPS) is 11.0. The Morgan fingerprint density at radius 3 is 1.85 bits per heavy atom. The fourth-order valence-electron chi connectivity index (χ4n) is 3.20. The summed E-state index contributed by atoms with van der Waals surface area (Å²) in [7, 11) is -0.692. The smallest absolute Gasteiger partial charge is 0.336 e. The largest absolute Gasteiger partial charge is 0.478 e. The van der Waals surface area contributed by atoms with E-state index in [1.165, 1.54) is 15.9 Å². The number of aromatic carboxylic acids is 1. The van der Waals surface area contributed by atoms with Gasteiger partial charge < -0.3 is 5.11 Å². The molecule has 1 N–H and O–H groups in total. The third kappa shape index (κ3) is 3.12. The lowest BCUT2D eigenvalue weighted by molar-refractivity contribution is 0.0699. The highest BCUT2D eigenvalue weighted by molar-refractivity contribution is 7.79. The number of hydrogen-bond acceptors (Lipinski definition) is 1. The molecule has 0 aliphatic carbocycles. The highest BCUT2D eigenvalue weighted by Crippen LogP contribution is 2.34. The Bertz CT molecular complexity index is 1020. The molecule has 4 aromatic rings. The topological polar surface area (TPSA) is 37.3 Å². The highest BCUT2D eigenvalue weighted by atomic mass is 31.1. The fraction of sp³-hybridized carbons (Fsp3) is 0. The van der Waals surface area contributed by atoms with Crippen molar-refractivity contribution in [3.63, 3.8) is 0 Å². The van der Waals surface area contributed by atoms with E-state index in [-0.39, 0.29) is 0 Å². The van der Waals surface area contributed by atoms with Gasteiger partial charge in [-0.2, -0.15) is 0 Å². The summed E-state index contributed by atoms with van der Waals surface area (Å²) in [6.45, 7) is 0. The van der Waals surface area contributed by atoms with Crippen LogP contribution in [-0.4, -0.2) is 11.1 Å². The Morgan fingerprint density at radius 1 is 0.654 bits per heavy atom. The third-order valence-corrected chi connectivity index (χ3v) is 6.81. The Kier molecular flexibility index (Phi) is 4.51. The molecule has 0 bridgehead atoms. The monoisotopic (exact) mass is 356 g/mol. The van der Waals surface area contributed by atoms with Crippen molar-refractivity contribution >= 4 is 40.6 Å². The van der Waals surface area contributed by atoms with E-state index in [0.717, 1.165) is 10.8 Å². The minimum absolute atomic E-state index is 0.345. The molecule has 4 rings (SSSR count). The molecule has 0 amide bonds. The summed E-state index contributed by atoms with van der Waals surface area (Å²) in [5.74, 6) is -0.892. The number of carboxylic acids is 1. The number of fused-ring (bicyclic) bond motifs is 1. The second-order valence-corrected chi connectivity index (χ2v) is 8.24. The maximum atomic E-state index is 11.5. The minimum atomic E-state index is -0.892. The maximum Gasteiger partial charge on any atom is 0.336 e. The van der Waals surface area contributed by atoms with Crippen LogP contribution in [0.15, 0.2) is 97.1 Å². The molecular weight excluding hydrogens is 339 g/mol. The molecule has 2 nitrogen and oxygen atoms in total. The van der Waals surface area contributed by atoms with Gasteiger partial charge in [-0.3, -0.25) is 0 Å². The highest BCUT2D eigenvalue weighted by Gasteiger charge is 2.17. The second-order valence-electron chi connectivity index (χ2n) is 6.02. The molecule has 0 unspecified atom stereocenters. The molecule has 0 aromatic heterocycles. The van der Waals surface area contributed by atoms with Crippen molar-refractivity contribution in [1.29, 1.82) is 0 Å². The molecule has 126 valence electrons. The van der Waals surface area contributed by atoms with Crippen LogP contribution in [0.25, 0.3) is 10.8 Å². The number of benzene rings is 4. The van der Waals surface area contributed by atoms with E-state index in [2.05, 4.69) is 60.7 Å². The number of carbonyl (C=O) groups is 1. The summed E-state index contributed by atoms with van der Waals surface area (Å²) in [6, 6.07) is 32.6. The predicted molar refractivity (Wildman–Crippen MR) is 110 cm³/mol. The van der Waals surface area contributed by atoms with Crippen molar-refractivity contribution in [2.75, 3.05) is 0 Å². The summed E-state index contributed by atoms with van der Waals surface area (Å²) in [6.07, 6.45) is 0. The van der Waals surface area contributed by atoms with Crippen LogP contribution in [0.3, 0.4) is 0 Å². The summed E-state index contributed by atoms with van der Waals surface area (Å²) in [5, 5.41) is 14.9. The molecule has 0 saturated heterocycles. The van der Waals surface area contributed by atoms with Crippen LogP contribution in [0.4, 0.5) is 0 Å². The van der Waals surface area contributed by atoms with Gasteiger partial charge in [0, 0.05) is 0 Å². The zero-order valence-electron chi connectivity index (χ0n) is 14.0. The van der Waals surface area contributed by atoms with Gasteiger partial charge in [-0.15, -0.1) is 0 Å². The lowest BCUT2D eigenvalue weighted by Gasteiger charge is -2.20. The van der Waals surface area contributed by atoms with E-state index >= 15 is 0 Å². The van der Waals surface area contributed by atoms with E-state index in [9.17, 15) is 9.90 Å². The van der Waals surface area contributed by atoms with Crippen LogP contribution in [0, 0.1) is 0 Å². The van der Waals surface area contributed by atoms with Gasteiger partial charge >= 0.3 is 5.97 Å². The quantitative estimate of drug-likeness (QED) is 0.554. The van der Waals surface area contributed by atoms with Crippen LogP contribution < -0.4 is 15.9 Å². The lowest BCUT2D eigenvalue weighted by Crippen LogP contribution is -2.20. The molecule has 0 spiro atoms. The lowest BCUT2D eigenvalue weighted by atomic mass is 10.1. The summed E-state index contributed by atoms with van der Waals surface area (Å²) in [5.41, 5.74) is 0.345. The number of rotatable bonds is 4. The van der Waals surface area contributed by atoms with E-state index in [4.69, 9.17) is 0 Å². The molecule has 4 aromatic carbocycles. The molecule has 0 heterocycles. The van der Waals surface area contributed by atoms with Crippen molar-refractivity contribution < 1.29 is 9.90 Å². The molecule has 26 heavy (non-hydrogen) atoms. The second kappa shape index (κ2) is 7.11. The number of carboxylic acid groups (broad SMARTS) is 1. The first-order chi connectivity index (χ1) is 12.7. The molecule has 0 fully saturated rings. The summed E-state index contributed by atoms with van der Waals surface area (Å²) in [4.78, 5) is 11.5. The van der Waals surface area contributed by atoms with Gasteiger partial charge in [0.1, 0.15) is 0 Å². The zero-order chi connectivity index (χ0) is 17.9. The van der Waals surface area contributed by atoms with E-state index in [0.29, 0.717) is 5.56 Å². The summed E-state index contributed by atoms with van der Waals surface area (Å²) < 4.78 is 0. The molecule has 3 heteroatoms. The molecule has 0 atom stereocenters. The predicted octanol–water partition coefficient (Wildman–Crippen LogP) is 4.30. The van der Waals surface area contributed by atoms with Crippen LogP contribution >= 0.6 is 7.92 Å². The first kappa shape index (κ1) is 16.5. The van der Waals surface area contributed by atoms with Crippen LogP contribution in [0.1, 0.15) is 10.4 Å². The molecule has 0 radical (unpaired) electrons. The van der Waals surface area contributed by atoms with Crippen molar-refractivity contribution in [1.82, 2.24) is 0 Å². The van der Waals surface area contributed by atoms with E-state index < -0.39 is 13.9 Å². The SMILES string of the molecule is O=C(O)c1cccc2cc(P(c3ccccc3)c3ccccc3)ccc12. The van der Waals surface area contributed by atoms with Gasteiger partial charge in [0.2, 0.25) is 0 Å². The van der Waals surface area contributed by atoms with Gasteiger partial charge in [-0.05, 0) is 46.7 Å². The third-order valence-electron chi connectivity index (χ3n) is 4.38. The van der Waals surface area contributed by atoms with Crippen LogP contribution in [0.5, 0.6) is 0 Å². The molecular formula is C23H17O2P. The van der Waals surface area contributed by atoms with Crippen molar-refractivity contribution in [3.8, 4) is 0 Å². The van der Waals surface area contributed by atoms with Crippen molar-refractivity contribution in [2.24, 2.45) is 0 Å². The zero-order valence-corrected chi connectivity index (χ0v) is 14.9. The Labute approximate surface area is 153 Å². The maximum absolute atomic E-state index is 11.5. The first-order valence-corrected chi connectivity index (χ1v) is 9.74.